The van der Waals surface area contributed by atoms with Crippen molar-refractivity contribution >= 4 is 23.5 Å². The predicted octanol–water partition coefficient (Wildman–Crippen LogP) is 2.29. The van der Waals surface area contributed by atoms with Gasteiger partial charge < -0.3 is 15.3 Å². The Morgan fingerprint density at radius 1 is 1.29 bits per heavy atom. The van der Waals surface area contributed by atoms with Gasteiger partial charge in [-0.2, -0.15) is 0 Å². The summed E-state index contributed by atoms with van der Waals surface area (Å²) in [6.07, 6.45) is 1.80. The van der Waals surface area contributed by atoms with Gasteiger partial charge in [-0.3, -0.25) is 14.4 Å². The minimum Gasteiger partial charge on any atom is -0.481 e. The Hall–Kier alpha value is -2.37. The fourth-order valence-electron chi connectivity index (χ4n) is 3.18. The molecule has 2 amide bonds. The first-order valence-corrected chi connectivity index (χ1v) is 8.36. The van der Waals surface area contributed by atoms with E-state index >= 15 is 0 Å². The van der Waals surface area contributed by atoms with Gasteiger partial charge >= 0.3 is 5.97 Å². The summed E-state index contributed by atoms with van der Waals surface area (Å²) in [5.74, 6) is -1.55. The second-order valence-electron chi connectivity index (χ2n) is 6.13. The molecule has 0 radical (unpaired) electrons. The Bertz CT molecular complexity index is 625. The maximum atomic E-state index is 12.5. The SMILES string of the molecule is CCC(CC)N1CC(C(=O)Nc2ccccc2CC(=O)O)CC1=O. The Labute approximate surface area is 141 Å². The van der Waals surface area contributed by atoms with E-state index in [9.17, 15) is 14.4 Å². The van der Waals surface area contributed by atoms with Crippen molar-refractivity contribution in [1.82, 2.24) is 4.90 Å². The van der Waals surface area contributed by atoms with E-state index in [4.69, 9.17) is 5.11 Å². The average molecular weight is 332 g/mol. The smallest absolute Gasteiger partial charge is 0.307 e. The van der Waals surface area contributed by atoms with Crippen LogP contribution in [-0.2, 0) is 20.8 Å². The van der Waals surface area contributed by atoms with E-state index in [1.165, 1.54) is 0 Å². The van der Waals surface area contributed by atoms with E-state index in [1.807, 2.05) is 13.8 Å². The van der Waals surface area contributed by atoms with Crippen LogP contribution in [0.25, 0.3) is 0 Å². The highest BCUT2D eigenvalue weighted by molar-refractivity contribution is 5.98. The Kier molecular flexibility index (Phi) is 5.95. The lowest BCUT2D eigenvalue weighted by molar-refractivity contribution is -0.136. The van der Waals surface area contributed by atoms with Crippen LogP contribution >= 0.6 is 0 Å². The molecule has 0 aromatic heterocycles. The second-order valence-corrected chi connectivity index (χ2v) is 6.13. The number of para-hydroxylation sites is 1. The molecular formula is C18H24N2O4. The summed E-state index contributed by atoms with van der Waals surface area (Å²) >= 11 is 0. The van der Waals surface area contributed by atoms with E-state index in [2.05, 4.69) is 5.32 Å². The number of aliphatic carboxylic acids is 1. The molecule has 1 aromatic rings. The van der Waals surface area contributed by atoms with Crippen molar-refractivity contribution in [2.75, 3.05) is 11.9 Å². The summed E-state index contributed by atoms with van der Waals surface area (Å²) in [6, 6.07) is 7.03. The number of nitrogens with zero attached hydrogens (tertiary/aromatic N) is 1. The van der Waals surface area contributed by atoms with Gasteiger partial charge in [0.05, 0.1) is 12.3 Å². The van der Waals surface area contributed by atoms with Gasteiger partial charge in [0.1, 0.15) is 0 Å². The van der Waals surface area contributed by atoms with Crippen LogP contribution in [0.3, 0.4) is 0 Å². The number of rotatable bonds is 7. The molecule has 1 aliphatic rings. The maximum Gasteiger partial charge on any atom is 0.307 e. The monoisotopic (exact) mass is 332 g/mol. The molecule has 1 fully saturated rings. The van der Waals surface area contributed by atoms with Gasteiger partial charge in [0.2, 0.25) is 11.8 Å². The lowest BCUT2D eigenvalue weighted by Crippen LogP contribution is -2.36. The minimum atomic E-state index is -0.951. The highest BCUT2D eigenvalue weighted by atomic mass is 16.4. The molecule has 0 bridgehead atoms. The van der Waals surface area contributed by atoms with Gasteiger partial charge in [0, 0.05) is 24.7 Å². The van der Waals surface area contributed by atoms with Crippen LogP contribution in [0, 0.1) is 5.92 Å². The normalized spacial score (nSPS) is 17.4. The molecule has 1 atom stereocenters. The van der Waals surface area contributed by atoms with Crippen molar-refractivity contribution in [2.24, 2.45) is 5.92 Å². The molecular weight excluding hydrogens is 308 g/mol. The average Bonchev–Trinajstić information content (AvgIpc) is 2.92. The zero-order valence-electron chi connectivity index (χ0n) is 14.1. The van der Waals surface area contributed by atoms with E-state index in [-0.39, 0.29) is 30.7 Å². The van der Waals surface area contributed by atoms with Crippen LogP contribution in [0.1, 0.15) is 38.7 Å². The fraction of sp³-hybridized carbons (Fsp3) is 0.500. The molecule has 6 heteroatoms. The molecule has 6 nitrogen and oxygen atoms in total. The van der Waals surface area contributed by atoms with Crippen LogP contribution in [0.5, 0.6) is 0 Å². The third kappa shape index (κ3) is 4.13. The molecule has 1 saturated heterocycles. The largest absolute Gasteiger partial charge is 0.481 e. The van der Waals surface area contributed by atoms with Crippen LogP contribution in [-0.4, -0.2) is 40.4 Å². The molecule has 2 N–H and O–H groups in total. The fourth-order valence-corrected chi connectivity index (χ4v) is 3.18. The molecule has 0 spiro atoms. The quantitative estimate of drug-likeness (QED) is 0.802. The van der Waals surface area contributed by atoms with Crippen molar-refractivity contribution in [3.05, 3.63) is 29.8 Å². The number of nitrogens with one attached hydrogen (secondary N) is 1. The molecule has 1 heterocycles. The van der Waals surface area contributed by atoms with Crippen molar-refractivity contribution in [3.63, 3.8) is 0 Å². The van der Waals surface area contributed by atoms with E-state index < -0.39 is 11.9 Å². The number of likely N-dealkylation sites (tertiary alicyclic amines) is 1. The molecule has 1 unspecified atom stereocenters. The lowest BCUT2D eigenvalue weighted by atomic mass is 10.1. The van der Waals surface area contributed by atoms with Gasteiger partial charge in [-0.1, -0.05) is 32.0 Å². The highest BCUT2D eigenvalue weighted by Crippen LogP contribution is 2.25. The van der Waals surface area contributed by atoms with Crippen molar-refractivity contribution < 1.29 is 19.5 Å². The van der Waals surface area contributed by atoms with Gasteiger partial charge in [-0.15, -0.1) is 0 Å². The van der Waals surface area contributed by atoms with Gasteiger partial charge in [0.15, 0.2) is 0 Å². The first-order chi connectivity index (χ1) is 11.5. The number of carbonyl (C=O) groups excluding carboxylic acids is 2. The van der Waals surface area contributed by atoms with E-state index in [0.717, 1.165) is 12.8 Å². The Morgan fingerprint density at radius 3 is 2.58 bits per heavy atom. The highest BCUT2D eigenvalue weighted by Gasteiger charge is 2.37. The number of carboxylic acids is 1. The minimum absolute atomic E-state index is 0.0164. The number of carboxylic acid groups (broad SMARTS) is 1. The van der Waals surface area contributed by atoms with Gasteiger partial charge in [0.25, 0.3) is 0 Å². The van der Waals surface area contributed by atoms with Gasteiger partial charge in [-0.25, -0.2) is 0 Å². The van der Waals surface area contributed by atoms with E-state index in [1.54, 1.807) is 29.2 Å². The number of carbonyl (C=O) groups is 3. The standard InChI is InChI=1S/C18H24N2O4/c1-3-14(4-2)20-11-13(9-16(20)21)18(24)19-15-8-6-5-7-12(15)10-17(22)23/h5-8,13-14H,3-4,9-11H2,1-2H3,(H,19,24)(H,22,23). The van der Waals surface area contributed by atoms with Gasteiger partial charge in [-0.05, 0) is 24.5 Å². The summed E-state index contributed by atoms with van der Waals surface area (Å²) in [7, 11) is 0. The summed E-state index contributed by atoms with van der Waals surface area (Å²) in [6.45, 7) is 4.51. The van der Waals surface area contributed by atoms with E-state index in [0.29, 0.717) is 17.8 Å². The Morgan fingerprint density at radius 2 is 1.96 bits per heavy atom. The zero-order chi connectivity index (χ0) is 17.7. The zero-order valence-corrected chi connectivity index (χ0v) is 14.1. The second kappa shape index (κ2) is 7.95. The third-order valence-corrected chi connectivity index (χ3v) is 4.53. The number of anilines is 1. The molecule has 130 valence electrons. The molecule has 2 rings (SSSR count). The molecule has 0 saturated carbocycles. The first kappa shape index (κ1) is 18.0. The third-order valence-electron chi connectivity index (χ3n) is 4.53. The van der Waals surface area contributed by atoms with Crippen LogP contribution in [0.4, 0.5) is 5.69 Å². The summed E-state index contributed by atoms with van der Waals surface area (Å²) in [5.41, 5.74) is 1.05. The number of benzene rings is 1. The van der Waals surface area contributed by atoms with Crippen molar-refractivity contribution in [3.8, 4) is 0 Å². The molecule has 24 heavy (non-hydrogen) atoms. The van der Waals surface area contributed by atoms with Crippen molar-refractivity contribution in [2.45, 2.75) is 45.6 Å². The number of hydrogen-bond donors (Lipinski definition) is 2. The summed E-state index contributed by atoms with van der Waals surface area (Å²) < 4.78 is 0. The first-order valence-electron chi connectivity index (χ1n) is 8.36. The van der Waals surface area contributed by atoms with Crippen LogP contribution < -0.4 is 5.32 Å². The lowest BCUT2D eigenvalue weighted by Gasteiger charge is -2.26. The predicted molar refractivity (Wildman–Crippen MR) is 90.6 cm³/mol. The summed E-state index contributed by atoms with van der Waals surface area (Å²) in [4.78, 5) is 37.4. The molecule has 0 aliphatic carbocycles. The topological polar surface area (TPSA) is 86.7 Å². The summed E-state index contributed by atoms with van der Waals surface area (Å²) in [5, 5.41) is 11.8. The maximum absolute atomic E-state index is 12.5. The molecule has 1 aliphatic heterocycles. The molecule has 1 aromatic carbocycles. The number of amides is 2. The Balaban J connectivity index is 2.06. The van der Waals surface area contributed by atoms with Crippen LogP contribution in [0.2, 0.25) is 0 Å². The van der Waals surface area contributed by atoms with Crippen molar-refractivity contribution in [1.29, 1.82) is 0 Å². The number of hydrogen-bond acceptors (Lipinski definition) is 3. The van der Waals surface area contributed by atoms with Crippen LogP contribution in [0.15, 0.2) is 24.3 Å².